The molecule has 0 saturated carbocycles. The highest BCUT2D eigenvalue weighted by Gasteiger charge is 2.08. The second-order valence-electron chi connectivity index (χ2n) is 4.30. The van der Waals surface area contributed by atoms with E-state index < -0.39 is 0 Å². The minimum atomic E-state index is 0.793. The molecule has 0 aliphatic carbocycles. The zero-order valence-electron chi connectivity index (χ0n) is 11.2. The number of rotatable bonds is 4. The standard InChI is InChI=1S/C15H14N2O2S/c1-10-3-8-14(19-10)13-9-20-15(17-13)16-11-4-6-12(18-2)7-5-11/h3-9H,1-2H3,(H,16,17). The minimum Gasteiger partial charge on any atom is -0.497 e. The Morgan fingerprint density at radius 3 is 2.60 bits per heavy atom. The number of aromatic nitrogens is 1. The molecule has 0 bridgehead atoms. The predicted octanol–water partition coefficient (Wildman–Crippen LogP) is 4.46. The van der Waals surface area contributed by atoms with Gasteiger partial charge in [0.2, 0.25) is 0 Å². The maximum atomic E-state index is 5.56. The molecule has 20 heavy (non-hydrogen) atoms. The van der Waals surface area contributed by atoms with Crippen LogP contribution in [-0.4, -0.2) is 12.1 Å². The van der Waals surface area contributed by atoms with Crippen molar-refractivity contribution in [1.29, 1.82) is 0 Å². The van der Waals surface area contributed by atoms with E-state index in [1.165, 1.54) is 0 Å². The Morgan fingerprint density at radius 2 is 1.95 bits per heavy atom. The molecule has 0 fully saturated rings. The number of thiazole rings is 1. The van der Waals surface area contributed by atoms with Crippen LogP contribution in [0.4, 0.5) is 10.8 Å². The SMILES string of the molecule is COc1ccc(Nc2nc(-c3ccc(C)o3)cs2)cc1. The second-order valence-corrected chi connectivity index (χ2v) is 5.16. The summed E-state index contributed by atoms with van der Waals surface area (Å²) < 4.78 is 10.7. The van der Waals surface area contributed by atoms with Crippen molar-refractivity contribution in [3.63, 3.8) is 0 Å². The number of hydrogen-bond acceptors (Lipinski definition) is 5. The zero-order chi connectivity index (χ0) is 13.9. The van der Waals surface area contributed by atoms with Gasteiger partial charge in [0.1, 0.15) is 17.2 Å². The molecule has 0 unspecified atom stereocenters. The number of hydrogen-bond donors (Lipinski definition) is 1. The van der Waals surface area contributed by atoms with Gasteiger partial charge in [0.15, 0.2) is 10.9 Å². The van der Waals surface area contributed by atoms with Crippen LogP contribution >= 0.6 is 11.3 Å². The van der Waals surface area contributed by atoms with Gasteiger partial charge < -0.3 is 14.5 Å². The second kappa shape index (κ2) is 5.38. The van der Waals surface area contributed by atoms with Crippen molar-refractivity contribution in [1.82, 2.24) is 4.98 Å². The molecule has 2 aromatic heterocycles. The molecule has 0 saturated heterocycles. The van der Waals surface area contributed by atoms with Crippen LogP contribution in [0.15, 0.2) is 46.2 Å². The van der Waals surface area contributed by atoms with E-state index in [2.05, 4.69) is 10.3 Å². The first-order valence-electron chi connectivity index (χ1n) is 6.18. The fraction of sp³-hybridized carbons (Fsp3) is 0.133. The summed E-state index contributed by atoms with van der Waals surface area (Å²) >= 11 is 1.54. The molecular weight excluding hydrogens is 272 g/mol. The number of ether oxygens (including phenoxy) is 1. The molecule has 0 atom stereocenters. The lowest BCUT2D eigenvalue weighted by atomic mass is 10.3. The number of benzene rings is 1. The molecule has 0 aliphatic heterocycles. The van der Waals surface area contributed by atoms with Crippen LogP contribution in [0.3, 0.4) is 0 Å². The van der Waals surface area contributed by atoms with E-state index in [9.17, 15) is 0 Å². The number of furan rings is 1. The summed E-state index contributed by atoms with van der Waals surface area (Å²) in [4.78, 5) is 4.51. The molecular formula is C15H14N2O2S. The van der Waals surface area contributed by atoms with E-state index in [4.69, 9.17) is 9.15 Å². The van der Waals surface area contributed by atoms with Gasteiger partial charge in [-0.2, -0.15) is 0 Å². The Kier molecular flexibility index (Phi) is 3.43. The lowest BCUT2D eigenvalue weighted by molar-refractivity contribution is 0.415. The van der Waals surface area contributed by atoms with Crippen LogP contribution in [0.5, 0.6) is 5.75 Å². The molecule has 3 aromatic rings. The molecule has 102 valence electrons. The Morgan fingerprint density at radius 1 is 1.15 bits per heavy atom. The molecule has 4 nitrogen and oxygen atoms in total. The Labute approximate surface area is 121 Å². The van der Waals surface area contributed by atoms with Crippen LogP contribution in [-0.2, 0) is 0 Å². The van der Waals surface area contributed by atoms with Crippen molar-refractivity contribution in [3.8, 4) is 17.2 Å². The van der Waals surface area contributed by atoms with E-state index in [0.29, 0.717) is 0 Å². The quantitative estimate of drug-likeness (QED) is 0.769. The number of aryl methyl sites for hydroxylation is 1. The molecule has 0 aliphatic rings. The Balaban J connectivity index is 1.76. The lowest BCUT2D eigenvalue weighted by Crippen LogP contribution is -1.90. The van der Waals surface area contributed by atoms with Crippen LogP contribution in [0.1, 0.15) is 5.76 Å². The van der Waals surface area contributed by atoms with Gasteiger partial charge in [-0.05, 0) is 43.3 Å². The molecule has 0 amide bonds. The number of nitrogens with zero attached hydrogens (tertiary/aromatic N) is 1. The van der Waals surface area contributed by atoms with Crippen LogP contribution in [0.2, 0.25) is 0 Å². The van der Waals surface area contributed by atoms with E-state index in [-0.39, 0.29) is 0 Å². The van der Waals surface area contributed by atoms with Gasteiger partial charge in [-0.25, -0.2) is 4.98 Å². The summed E-state index contributed by atoms with van der Waals surface area (Å²) in [6.45, 7) is 1.92. The Hall–Kier alpha value is -2.27. The van der Waals surface area contributed by atoms with Crippen LogP contribution < -0.4 is 10.1 Å². The van der Waals surface area contributed by atoms with E-state index in [0.717, 1.165) is 33.8 Å². The highest BCUT2D eigenvalue weighted by atomic mass is 32.1. The number of methoxy groups -OCH3 is 1. The highest BCUT2D eigenvalue weighted by Crippen LogP contribution is 2.28. The first-order chi connectivity index (χ1) is 9.74. The van der Waals surface area contributed by atoms with Crippen molar-refractivity contribution >= 4 is 22.2 Å². The Bertz CT molecular complexity index is 701. The summed E-state index contributed by atoms with van der Waals surface area (Å²) in [6, 6.07) is 11.6. The van der Waals surface area contributed by atoms with Crippen LogP contribution in [0.25, 0.3) is 11.5 Å². The van der Waals surface area contributed by atoms with Crippen molar-refractivity contribution in [3.05, 3.63) is 47.5 Å². The van der Waals surface area contributed by atoms with Crippen molar-refractivity contribution in [2.24, 2.45) is 0 Å². The fourth-order valence-electron chi connectivity index (χ4n) is 1.81. The molecule has 1 aromatic carbocycles. The molecule has 2 heterocycles. The van der Waals surface area contributed by atoms with Gasteiger partial charge in [0, 0.05) is 11.1 Å². The van der Waals surface area contributed by atoms with Crippen molar-refractivity contribution < 1.29 is 9.15 Å². The third kappa shape index (κ3) is 2.67. The molecule has 0 radical (unpaired) electrons. The number of nitrogens with one attached hydrogen (secondary N) is 1. The summed E-state index contributed by atoms with van der Waals surface area (Å²) in [5.41, 5.74) is 1.82. The third-order valence-electron chi connectivity index (χ3n) is 2.84. The van der Waals surface area contributed by atoms with Crippen molar-refractivity contribution in [2.75, 3.05) is 12.4 Å². The first kappa shape index (κ1) is 12.7. The summed E-state index contributed by atoms with van der Waals surface area (Å²) in [7, 11) is 1.65. The van der Waals surface area contributed by atoms with E-state index in [1.807, 2.05) is 48.7 Å². The van der Waals surface area contributed by atoms with Gasteiger partial charge in [-0.1, -0.05) is 0 Å². The zero-order valence-corrected chi connectivity index (χ0v) is 12.0. The van der Waals surface area contributed by atoms with E-state index >= 15 is 0 Å². The van der Waals surface area contributed by atoms with Gasteiger partial charge in [-0.15, -0.1) is 11.3 Å². The predicted molar refractivity (Wildman–Crippen MR) is 80.8 cm³/mol. The average molecular weight is 286 g/mol. The van der Waals surface area contributed by atoms with Crippen LogP contribution in [0, 0.1) is 6.92 Å². The first-order valence-corrected chi connectivity index (χ1v) is 7.06. The highest BCUT2D eigenvalue weighted by molar-refractivity contribution is 7.14. The van der Waals surface area contributed by atoms with E-state index in [1.54, 1.807) is 18.4 Å². The number of anilines is 2. The monoisotopic (exact) mass is 286 g/mol. The van der Waals surface area contributed by atoms with Gasteiger partial charge >= 0.3 is 0 Å². The molecule has 5 heteroatoms. The smallest absolute Gasteiger partial charge is 0.187 e. The minimum absolute atomic E-state index is 0.793. The maximum absolute atomic E-state index is 5.56. The fourth-order valence-corrected chi connectivity index (χ4v) is 2.53. The topological polar surface area (TPSA) is 47.3 Å². The summed E-state index contributed by atoms with van der Waals surface area (Å²) in [6.07, 6.45) is 0. The molecule has 1 N–H and O–H groups in total. The van der Waals surface area contributed by atoms with Gasteiger partial charge in [-0.3, -0.25) is 0 Å². The normalized spacial score (nSPS) is 10.5. The lowest BCUT2D eigenvalue weighted by Gasteiger charge is -2.03. The van der Waals surface area contributed by atoms with Gasteiger partial charge in [0.05, 0.1) is 7.11 Å². The summed E-state index contributed by atoms with van der Waals surface area (Å²) in [5.74, 6) is 2.51. The third-order valence-corrected chi connectivity index (χ3v) is 3.60. The van der Waals surface area contributed by atoms with Gasteiger partial charge in [0.25, 0.3) is 0 Å². The largest absolute Gasteiger partial charge is 0.497 e. The summed E-state index contributed by atoms with van der Waals surface area (Å²) in [5, 5.41) is 6.07. The average Bonchev–Trinajstić information content (AvgIpc) is 3.09. The van der Waals surface area contributed by atoms with Crippen molar-refractivity contribution in [2.45, 2.75) is 6.92 Å². The maximum Gasteiger partial charge on any atom is 0.187 e. The molecule has 0 spiro atoms. The molecule has 3 rings (SSSR count).